The monoisotopic (exact) mass is 773 g/mol. The lowest BCUT2D eigenvalue weighted by Crippen LogP contribution is -2.58. The summed E-state index contributed by atoms with van der Waals surface area (Å²) in [5.74, 6) is -2.98. The number of nitrogens with one attached hydrogen (secondary N) is 3. The number of hydrogen-bond acceptors (Lipinski definition) is 11. The number of ether oxygens (including phenoxy) is 3. The number of esters is 1. The van der Waals surface area contributed by atoms with E-state index in [1.165, 1.54) is 12.0 Å². The average Bonchev–Trinajstić information content (AvgIpc) is 4.10. The van der Waals surface area contributed by atoms with E-state index in [-0.39, 0.29) is 25.8 Å². The van der Waals surface area contributed by atoms with Crippen LogP contribution in [0.3, 0.4) is 0 Å². The molecule has 1 unspecified atom stereocenters. The van der Waals surface area contributed by atoms with Crippen LogP contribution in [-0.2, 0) is 38.7 Å². The summed E-state index contributed by atoms with van der Waals surface area (Å²) in [6, 6.07) is 14.0. The molecule has 16 heteroatoms. The van der Waals surface area contributed by atoms with Crippen LogP contribution >= 0.6 is 0 Å². The standard InChI is InChI=1S/C39H43N5O10S/c1-52-25-13-16-28-30(17-25)40-29(23-9-5-3-6-10-23)19-33(28)54-26-18-32-36(47)42-39(38(49)43-55(50,51)27-14-15-27)21-24(39)11-7-4-8-12-34(45)41-31(20-35(46)53-2)37(48)44(32)22-26/h3,5-7,9-11,13,16-17,19,24,26-27,31-32H,4,8,12,14-15,18,20-22H2,1-2H3,(H,41,45)(H,42,47)(H,43,49)/t24-,26-,31?,32+,39-/m1/s1. The van der Waals surface area contributed by atoms with E-state index in [9.17, 15) is 32.4 Å². The number of carbonyl (C=O) groups excluding carboxylic acids is 5. The minimum atomic E-state index is -3.94. The Bertz CT molecular complexity index is 2160. The predicted octanol–water partition coefficient (Wildman–Crippen LogP) is 2.53. The van der Waals surface area contributed by atoms with Gasteiger partial charge in [0.15, 0.2) is 0 Å². The third-order valence-corrected chi connectivity index (χ3v) is 12.3. The maximum Gasteiger partial charge on any atom is 0.308 e. The van der Waals surface area contributed by atoms with Crippen molar-refractivity contribution in [3.05, 3.63) is 66.7 Å². The largest absolute Gasteiger partial charge is 0.497 e. The molecule has 0 spiro atoms. The summed E-state index contributed by atoms with van der Waals surface area (Å²) in [5.41, 5.74) is 0.446. The smallest absolute Gasteiger partial charge is 0.308 e. The normalized spacial score (nSPS) is 25.7. The number of rotatable bonds is 9. The molecule has 3 heterocycles. The molecule has 15 nitrogen and oxygen atoms in total. The summed E-state index contributed by atoms with van der Waals surface area (Å²) >= 11 is 0. The number of amides is 4. The topological polar surface area (TPSA) is 199 Å². The van der Waals surface area contributed by atoms with E-state index in [1.54, 1.807) is 43.5 Å². The number of methoxy groups -OCH3 is 2. The van der Waals surface area contributed by atoms with Crippen molar-refractivity contribution in [2.24, 2.45) is 5.92 Å². The highest BCUT2D eigenvalue weighted by Crippen LogP contribution is 2.46. The summed E-state index contributed by atoms with van der Waals surface area (Å²) in [7, 11) is -1.21. The Balaban J connectivity index is 1.24. The van der Waals surface area contributed by atoms with E-state index in [1.807, 2.05) is 30.3 Å². The first-order valence-electron chi connectivity index (χ1n) is 18.3. The number of nitrogens with zero attached hydrogens (tertiary/aromatic N) is 2. The van der Waals surface area contributed by atoms with Crippen LogP contribution in [-0.4, -0.2) is 97.6 Å². The van der Waals surface area contributed by atoms with Crippen molar-refractivity contribution in [2.75, 3.05) is 20.8 Å². The molecule has 5 atom stereocenters. The zero-order valence-electron chi connectivity index (χ0n) is 30.5. The van der Waals surface area contributed by atoms with Crippen LogP contribution in [0.5, 0.6) is 11.5 Å². The Labute approximate surface area is 318 Å². The SMILES string of the molecule is COC(=O)CC1NC(=O)CCCC=C[C@@H]2C[C@@]2(C(=O)NS(=O)(=O)C2CC2)NC(=O)[C@@H]2C[C@@H](Oc3cc(-c4ccccc4)nc4cc(OC)ccc34)CN2C1=O. The van der Waals surface area contributed by atoms with Crippen LogP contribution in [0.4, 0.5) is 0 Å². The maximum absolute atomic E-state index is 14.4. The molecular formula is C39H43N5O10S. The fraction of sp³-hybridized carbons (Fsp3) is 0.436. The second-order valence-corrected chi connectivity index (χ2v) is 16.4. The molecule has 0 bridgehead atoms. The quantitative estimate of drug-likeness (QED) is 0.213. The zero-order chi connectivity index (χ0) is 38.9. The van der Waals surface area contributed by atoms with Crippen molar-refractivity contribution >= 4 is 50.5 Å². The summed E-state index contributed by atoms with van der Waals surface area (Å²) in [6.07, 6.45) is 4.15. The molecule has 2 aliphatic carbocycles. The molecule has 2 aliphatic heterocycles. The Kier molecular flexibility index (Phi) is 10.5. The van der Waals surface area contributed by atoms with Crippen molar-refractivity contribution < 1.29 is 46.6 Å². The molecule has 4 aliphatic rings. The van der Waals surface area contributed by atoms with Gasteiger partial charge in [-0.15, -0.1) is 0 Å². The van der Waals surface area contributed by atoms with Crippen LogP contribution in [0.1, 0.15) is 51.4 Å². The van der Waals surface area contributed by atoms with E-state index in [0.29, 0.717) is 53.8 Å². The Morgan fingerprint density at radius 2 is 1.84 bits per heavy atom. The first-order valence-corrected chi connectivity index (χ1v) is 19.9. The van der Waals surface area contributed by atoms with Crippen molar-refractivity contribution in [1.29, 1.82) is 0 Å². The molecule has 1 saturated heterocycles. The van der Waals surface area contributed by atoms with Gasteiger partial charge < -0.3 is 29.7 Å². The van der Waals surface area contributed by atoms with Gasteiger partial charge in [-0.1, -0.05) is 42.5 Å². The molecule has 4 amide bonds. The Morgan fingerprint density at radius 1 is 1.05 bits per heavy atom. The number of carbonyl (C=O) groups is 5. The zero-order valence-corrected chi connectivity index (χ0v) is 31.3. The van der Waals surface area contributed by atoms with Gasteiger partial charge in [0, 0.05) is 41.8 Å². The molecule has 2 aromatic carbocycles. The summed E-state index contributed by atoms with van der Waals surface area (Å²) < 4.78 is 44.8. The summed E-state index contributed by atoms with van der Waals surface area (Å²) in [6.45, 7) is -0.121. The van der Waals surface area contributed by atoms with Crippen molar-refractivity contribution in [3.8, 4) is 22.8 Å². The molecular weight excluding hydrogens is 731 g/mol. The number of allylic oxidation sites excluding steroid dienone is 1. The lowest BCUT2D eigenvalue weighted by molar-refractivity contribution is -0.147. The minimum absolute atomic E-state index is 0.0321. The van der Waals surface area contributed by atoms with Gasteiger partial charge in [0.1, 0.15) is 35.2 Å². The van der Waals surface area contributed by atoms with Gasteiger partial charge in [-0.25, -0.2) is 13.4 Å². The van der Waals surface area contributed by atoms with Gasteiger partial charge in [0.2, 0.25) is 27.7 Å². The minimum Gasteiger partial charge on any atom is -0.497 e. The Hall–Kier alpha value is -5.51. The molecule has 290 valence electrons. The maximum atomic E-state index is 14.4. The van der Waals surface area contributed by atoms with Crippen LogP contribution in [0, 0.1) is 5.92 Å². The van der Waals surface area contributed by atoms with Gasteiger partial charge in [0.05, 0.1) is 43.6 Å². The first-order chi connectivity index (χ1) is 26.4. The number of sulfonamides is 1. The highest BCUT2D eigenvalue weighted by Gasteiger charge is 2.62. The second kappa shape index (κ2) is 15.3. The number of pyridine rings is 1. The van der Waals surface area contributed by atoms with E-state index in [2.05, 4.69) is 15.4 Å². The second-order valence-electron chi connectivity index (χ2n) is 14.4. The van der Waals surface area contributed by atoms with Crippen molar-refractivity contribution in [2.45, 2.75) is 80.3 Å². The van der Waals surface area contributed by atoms with Gasteiger partial charge >= 0.3 is 5.97 Å². The highest BCUT2D eigenvalue weighted by atomic mass is 32.2. The van der Waals surface area contributed by atoms with E-state index in [0.717, 1.165) is 5.56 Å². The van der Waals surface area contributed by atoms with Gasteiger partial charge in [-0.3, -0.25) is 28.7 Å². The van der Waals surface area contributed by atoms with Crippen LogP contribution in [0.25, 0.3) is 22.2 Å². The van der Waals surface area contributed by atoms with Crippen LogP contribution < -0.4 is 24.8 Å². The molecule has 0 radical (unpaired) electrons. The van der Waals surface area contributed by atoms with Crippen molar-refractivity contribution in [3.63, 3.8) is 0 Å². The fourth-order valence-electron chi connectivity index (χ4n) is 7.24. The lowest BCUT2D eigenvalue weighted by Gasteiger charge is -2.29. The lowest BCUT2D eigenvalue weighted by atomic mass is 10.1. The number of fused-ring (bicyclic) bond motifs is 3. The van der Waals surface area contributed by atoms with Gasteiger partial charge in [-0.2, -0.15) is 0 Å². The molecule has 3 aromatic rings. The van der Waals surface area contributed by atoms with Crippen LogP contribution in [0.2, 0.25) is 0 Å². The van der Waals surface area contributed by atoms with E-state index >= 15 is 0 Å². The number of hydrogen-bond donors (Lipinski definition) is 3. The summed E-state index contributed by atoms with van der Waals surface area (Å²) in [5, 5.41) is 5.47. The Morgan fingerprint density at radius 3 is 2.56 bits per heavy atom. The first kappa shape index (κ1) is 37.8. The third-order valence-electron chi connectivity index (χ3n) is 10.5. The summed E-state index contributed by atoms with van der Waals surface area (Å²) in [4.78, 5) is 74.1. The molecule has 55 heavy (non-hydrogen) atoms. The molecule has 3 N–H and O–H groups in total. The highest BCUT2D eigenvalue weighted by molar-refractivity contribution is 7.91. The van der Waals surface area contributed by atoms with Crippen molar-refractivity contribution in [1.82, 2.24) is 25.2 Å². The number of benzene rings is 2. The fourth-order valence-corrected chi connectivity index (χ4v) is 8.60. The van der Waals surface area contributed by atoms with E-state index < -0.39 is 80.9 Å². The predicted molar refractivity (Wildman–Crippen MR) is 199 cm³/mol. The number of aromatic nitrogens is 1. The van der Waals surface area contributed by atoms with Gasteiger partial charge in [0.25, 0.3) is 5.91 Å². The third kappa shape index (κ3) is 8.14. The molecule has 2 saturated carbocycles. The van der Waals surface area contributed by atoms with Crippen LogP contribution in [0.15, 0.2) is 66.7 Å². The van der Waals surface area contributed by atoms with E-state index in [4.69, 9.17) is 19.2 Å². The molecule has 1 aromatic heterocycles. The van der Waals surface area contributed by atoms with Gasteiger partial charge in [-0.05, 0) is 44.2 Å². The molecule has 3 fully saturated rings. The molecule has 7 rings (SSSR count). The average molecular weight is 774 g/mol.